The monoisotopic (exact) mass is 468 g/mol. The third-order valence-corrected chi connectivity index (χ3v) is 6.35. The van der Waals surface area contributed by atoms with Crippen molar-refractivity contribution < 1.29 is 4.79 Å². The van der Waals surface area contributed by atoms with Crippen LogP contribution < -0.4 is 16.0 Å². The molecule has 0 radical (unpaired) electrons. The molecule has 1 atom stereocenters. The smallest absolute Gasteiger partial charge is 0.255 e. The summed E-state index contributed by atoms with van der Waals surface area (Å²) in [6.45, 7) is 3.64. The molecule has 11 heteroatoms. The molecule has 0 saturated heterocycles. The molecule has 0 bridgehead atoms. The Balaban J connectivity index is 1.31. The molecule has 0 aliphatic rings. The maximum atomic E-state index is 12.5. The van der Waals surface area contributed by atoms with E-state index in [1.165, 1.54) is 11.3 Å². The summed E-state index contributed by atoms with van der Waals surface area (Å²) in [5.74, 6) is 0.800. The van der Waals surface area contributed by atoms with Crippen molar-refractivity contribution >= 4 is 56.0 Å². The number of thiazole rings is 1. The van der Waals surface area contributed by atoms with Crippen LogP contribution in [-0.2, 0) is 7.05 Å². The first-order chi connectivity index (χ1) is 15.5. The highest BCUT2D eigenvalue weighted by Gasteiger charge is 2.11. The molecule has 0 unspecified atom stereocenters. The molecular formula is C21H24N8OS2. The van der Waals surface area contributed by atoms with Gasteiger partial charge in [0.25, 0.3) is 5.91 Å². The van der Waals surface area contributed by atoms with Crippen LogP contribution in [-0.4, -0.2) is 50.0 Å². The second kappa shape index (κ2) is 9.96. The minimum atomic E-state index is -0.171. The van der Waals surface area contributed by atoms with Crippen LogP contribution in [0.5, 0.6) is 0 Å². The van der Waals surface area contributed by atoms with E-state index in [1.54, 1.807) is 42.0 Å². The lowest BCUT2D eigenvalue weighted by atomic mass is 10.2. The topological polar surface area (TPSA) is 110 Å². The van der Waals surface area contributed by atoms with Gasteiger partial charge in [0.05, 0.1) is 22.1 Å². The third kappa shape index (κ3) is 5.54. The fraction of sp³-hybridized carbons (Fsp3) is 0.286. The summed E-state index contributed by atoms with van der Waals surface area (Å²) in [7, 11) is 1.81. The summed E-state index contributed by atoms with van der Waals surface area (Å²) in [5.41, 5.74) is 2.11. The molecule has 3 heterocycles. The number of hydrogen-bond donors (Lipinski definition) is 3. The van der Waals surface area contributed by atoms with E-state index in [0.717, 1.165) is 33.3 Å². The summed E-state index contributed by atoms with van der Waals surface area (Å²) in [4.78, 5) is 26.8. The van der Waals surface area contributed by atoms with Gasteiger partial charge in [0.2, 0.25) is 5.95 Å². The number of benzene rings is 1. The van der Waals surface area contributed by atoms with Crippen LogP contribution in [0.25, 0.3) is 10.2 Å². The Kier molecular flexibility index (Phi) is 6.86. The van der Waals surface area contributed by atoms with Gasteiger partial charge >= 0.3 is 0 Å². The Labute approximate surface area is 194 Å². The van der Waals surface area contributed by atoms with E-state index < -0.39 is 0 Å². The number of rotatable bonds is 9. The average Bonchev–Trinajstić information content (AvgIpc) is 3.41. The fourth-order valence-corrected chi connectivity index (χ4v) is 4.17. The SMILES string of the molecule is CSc1cnc(NC[C@H](C)CNc2nc3ccc(C(=O)Nc4cnn(C)c4)cc3s2)nc1. The predicted molar refractivity (Wildman–Crippen MR) is 131 cm³/mol. The molecule has 1 aromatic carbocycles. The van der Waals surface area contributed by atoms with Crippen molar-refractivity contribution in [2.45, 2.75) is 11.8 Å². The van der Waals surface area contributed by atoms with E-state index in [2.05, 4.69) is 42.9 Å². The second-order valence-electron chi connectivity index (χ2n) is 7.37. The van der Waals surface area contributed by atoms with Gasteiger partial charge < -0.3 is 16.0 Å². The molecule has 166 valence electrons. The summed E-state index contributed by atoms with van der Waals surface area (Å²) >= 11 is 3.15. The Bertz CT molecular complexity index is 1200. The summed E-state index contributed by atoms with van der Waals surface area (Å²) in [5, 5.41) is 14.4. The van der Waals surface area contributed by atoms with Crippen LogP contribution in [0.15, 0.2) is 47.9 Å². The van der Waals surface area contributed by atoms with Crippen LogP contribution in [0.1, 0.15) is 17.3 Å². The highest BCUT2D eigenvalue weighted by Crippen LogP contribution is 2.27. The van der Waals surface area contributed by atoms with Crippen LogP contribution in [0.4, 0.5) is 16.8 Å². The van der Waals surface area contributed by atoms with Gasteiger partial charge in [-0.15, -0.1) is 11.8 Å². The highest BCUT2D eigenvalue weighted by atomic mass is 32.2. The summed E-state index contributed by atoms with van der Waals surface area (Å²) in [6.07, 6.45) is 9.00. The highest BCUT2D eigenvalue weighted by molar-refractivity contribution is 7.98. The Morgan fingerprint density at radius 2 is 1.97 bits per heavy atom. The molecule has 3 aromatic heterocycles. The zero-order valence-corrected chi connectivity index (χ0v) is 19.6. The number of carbonyl (C=O) groups is 1. The number of nitrogens with zero attached hydrogens (tertiary/aromatic N) is 5. The van der Waals surface area contributed by atoms with Crippen molar-refractivity contribution in [3.8, 4) is 0 Å². The molecule has 4 aromatic rings. The number of aryl methyl sites for hydroxylation is 1. The first-order valence-electron chi connectivity index (χ1n) is 10.0. The van der Waals surface area contributed by atoms with Gasteiger partial charge in [-0.05, 0) is 30.4 Å². The predicted octanol–water partition coefficient (Wildman–Crippen LogP) is 3.95. The maximum Gasteiger partial charge on any atom is 0.255 e. The van der Waals surface area contributed by atoms with Gasteiger partial charge in [-0.1, -0.05) is 18.3 Å². The van der Waals surface area contributed by atoms with E-state index in [0.29, 0.717) is 23.1 Å². The Hall–Kier alpha value is -3.18. The number of amides is 1. The molecule has 3 N–H and O–H groups in total. The van der Waals surface area contributed by atoms with Crippen molar-refractivity contribution in [3.63, 3.8) is 0 Å². The number of nitrogens with one attached hydrogen (secondary N) is 3. The molecular weight excluding hydrogens is 444 g/mol. The lowest BCUT2D eigenvalue weighted by Crippen LogP contribution is -2.20. The molecule has 0 spiro atoms. The van der Waals surface area contributed by atoms with Crippen molar-refractivity contribution in [3.05, 3.63) is 48.5 Å². The van der Waals surface area contributed by atoms with Crippen molar-refractivity contribution in [1.29, 1.82) is 0 Å². The number of hydrogen-bond acceptors (Lipinski definition) is 9. The Morgan fingerprint density at radius 1 is 1.19 bits per heavy atom. The number of thioether (sulfide) groups is 1. The second-order valence-corrected chi connectivity index (χ2v) is 9.28. The van der Waals surface area contributed by atoms with Crippen LogP contribution >= 0.6 is 23.1 Å². The van der Waals surface area contributed by atoms with Crippen LogP contribution in [0.2, 0.25) is 0 Å². The first-order valence-corrected chi connectivity index (χ1v) is 12.1. The Morgan fingerprint density at radius 3 is 2.69 bits per heavy atom. The van der Waals surface area contributed by atoms with Gasteiger partial charge in [-0.2, -0.15) is 5.10 Å². The van der Waals surface area contributed by atoms with E-state index in [1.807, 2.05) is 30.8 Å². The fourth-order valence-electron chi connectivity index (χ4n) is 2.94. The molecule has 0 aliphatic heterocycles. The third-order valence-electron chi connectivity index (χ3n) is 4.69. The number of carbonyl (C=O) groups excluding carboxylic acids is 1. The van der Waals surface area contributed by atoms with Crippen molar-refractivity contribution in [1.82, 2.24) is 24.7 Å². The lowest BCUT2D eigenvalue weighted by molar-refractivity contribution is 0.102. The van der Waals surface area contributed by atoms with E-state index in [4.69, 9.17) is 0 Å². The number of anilines is 3. The molecule has 1 amide bonds. The average molecular weight is 469 g/mol. The molecule has 0 saturated carbocycles. The number of fused-ring (bicyclic) bond motifs is 1. The summed E-state index contributed by atoms with van der Waals surface area (Å²) in [6, 6.07) is 5.52. The standard InChI is InChI=1S/C21H24N8OS2/c1-13(7-22-20-23-10-16(31-3)11-24-20)8-25-21-28-17-5-4-14(6-18(17)32-21)19(30)27-15-9-26-29(2)12-15/h4-6,9-13H,7-8H2,1-3H3,(H,25,28)(H,27,30)(H,22,23,24)/t13-/m0/s1. The van der Waals surface area contributed by atoms with Gasteiger partial charge in [0, 0.05) is 49.2 Å². The number of aromatic nitrogens is 5. The minimum absolute atomic E-state index is 0.171. The summed E-state index contributed by atoms with van der Waals surface area (Å²) < 4.78 is 2.60. The van der Waals surface area contributed by atoms with Crippen LogP contribution in [0.3, 0.4) is 0 Å². The van der Waals surface area contributed by atoms with E-state index >= 15 is 0 Å². The lowest BCUT2D eigenvalue weighted by Gasteiger charge is -2.13. The quantitative estimate of drug-likeness (QED) is 0.317. The van der Waals surface area contributed by atoms with Gasteiger partial charge in [0.1, 0.15) is 0 Å². The van der Waals surface area contributed by atoms with Gasteiger partial charge in [0.15, 0.2) is 5.13 Å². The van der Waals surface area contributed by atoms with Gasteiger partial charge in [-0.25, -0.2) is 15.0 Å². The molecule has 0 fully saturated rings. The first kappa shape index (κ1) is 22.0. The van der Waals surface area contributed by atoms with Crippen molar-refractivity contribution in [2.24, 2.45) is 13.0 Å². The molecule has 4 rings (SSSR count). The normalized spacial score (nSPS) is 12.0. The van der Waals surface area contributed by atoms with E-state index in [-0.39, 0.29) is 5.91 Å². The van der Waals surface area contributed by atoms with Crippen molar-refractivity contribution in [2.75, 3.05) is 35.3 Å². The van der Waals surface area contributed by atoms with Gasteiger partial charge in [-0.3, -0.25) is 9.48 Å². The zero-order valence-electron chi connectivity index (χ0n) is 18.0. The minimum Gasteiger partial charge on any atom is -0.361 e. The molecule has 9 nitrogen and oxygen atoms in total. The van der Waals surface area contributed by atoms with E-state index in [9.17, 15) is 4.79 Å². The largest absolute Gasteiger partial charge is 0.361 e. The van der Waals surface area contributed by atoms with Crippen LogP contribution in [0, 0.1) is 5.92 Å². The molecule has 32 heavy (non-hydrogen) atoms. The maximum absolute atomic E-state index is 12.5. The zero-order chi connectivity index (χ0) is 22.5. The molecule has 0 aliphatic carbocycles.